The van der Waals surface area contributed by atoms with E-state index in [9.17, 15) is 9.67 Å². The highest BCUT2D eigenvalue weighted by Gasteiger charge is 2.20. The summed E-state index contributed by atoms with van der Waals surface area (Å²) < 4.78 is 10.6. The van der Waals surface area contributed by atoms with Crippen molar-refractivity contribution >= 4 is 8.03 Å². The molecule has 0 saturated heterocycles. The molecule has 0 amide bonds. The van der Waals surface area contributed by atoms with Gasteiger partial charge < -0.3 is 10.00 Å². The molecule has 0 aromatic carbocycles. The summed E-state index contributed by atoms with van der Waals surface area (Å²) in [5.74, 6) is -0.993. The summed E-state index contributed by atoms with van der Waals surface area (Å²) in [5, 5.41) is 9.30. The monoisotopic (exact) mass is 194 g/mol. The van der Waals surface area contributed by atoms with Crippen LogP contribution in [0.1, 0.15) is 39.5 Å². The molecule has 0 saturated carbocycles. The Kier molecular flexibility index (Phi) is 6.73. The highest BCUT2D eigenvalue weighted by atomic mass is 31.1. The van der Waals surface area contributed by atoms with Gasteiger partial charge in [0.2, 0.25) is 8.03 Å². The SMILES string of the molecule is CCCCC(CC)C(O)[PH](=O)O. The van der Waals surface area contributed by atoms with E-state index in [-0.39, 0.29) is 5.92 Å². The van der Waals surface area contributed by atoms with Crippen LogP contribution in [0.3, 0.4) is 0 Å². The van der Waals surface area contributed by atoms with Crippen LogP contribution in [0.4, 0.5) is 0 Å². The Balaban J connectivity index is 3.87. The van der Waals surface area contributed by atoms with Crippen LogP contribution in [0.2, 0.25) is 0 Å². The second-order valence-corrected chi connectivity index (χ2v) is 4.36. The van der Waals surface area contributed by atoms with Crippen molar-refractivity contribution in [3.05, 3.63) is 0 Å². The maximum atomic E-state index is 10.6. The first-order valence-corrected chi connectivity index (χ1v) is 5.97. The second-order valence-electron chi connectivity index (χ2n) is 3.09. The summed E-state index contributed by atoms with van der Waals surface area (Å²) in [6, 6.07) is 0. The highest BCUT2D eigenvalue weighted by molar-refractivity contribution is 7.38. The molecule has 3 atom stereocenters. The van der Waals surface area contributed by atoms with Crippen LogP contribution >= 0.6 is 8.03 Å². The topological polar surface area (TPSA) is 57.5 Å². The van der Waals surface area contributed by atoms with Crippen molar-refractivity contribution < 1.29 is 14.6 Å². The van der Waals surface area contributed by atoms with Crippen LogP contribution in [-0.4, -0.2) is 15.8 Å². The van der Waals surface area contributed by atoms with Crippen molar-refractivity contribution in [2.45, 2.75) is 45.4 Å². The average Bonchev–Trinajstić information content (AvgIpc) is 2.05. The van der Waals surface area contributed by atoms with Crippen LogP contribution in [0.5, 0.6) is 0 Å². The van der Waals surface area contributed by atoms with Gasteiger partial charge in [0, 0.05) is 0 Å². The fourth-order valence-electron chi connectivity index (χ4n) is 1.25. The Morgan fingerprint density at radius 3 is 2.33 bits per heavy atom. The fraction of sp³-hybridized carbons (Fsp3) is 1.00. The number of unbranched alkanes of at least 4 members (excludes halogenated alkanes) is 1. The van der Waals surface area contributed by atoms with E-state index >= 15 is 0 Å². The third-order valence-electron chi connectivity index (χ3n) is 2.15. The first-order chi connectivity index (χ1) is 5.63. The molecular weight excluding hydrogens is 175 g/mol. The molecule has 12 heavy (non-hydrogen) atoms. The van der Waals surface area contributed by atoms with E-state index < -0.39 is 13.9 Å². The predicted octanol–water partition coefficient (Wildman–Crippen LogP) is 1.99. The lowest BCUT2D eigenvalue weighted by atomic mass is 10.0. The minimum atomic E-state index is -2.75. The average molecular weight is 194 g/mol. The molecule has 0 radical (unpaired) electrons. The van der Waals surface area contributed by atoms with Gasteiger partial charge in [0.1, 0.15) is 5.85 Å². The summed E-state index contributed by atoms with van der Waals surface area (Å²) in [7, 11) is -2.75. The van der Waals surface area contributed by atoms with E-state index in [0.717, 1.165) is 25.7 Å². The molecule has 0 aliphatic rings. The molecule has 0 aliphatic carbocycles. The van der Waals surface area contributed by atoms with E-state index in [2.05, 4.69) is 6.92 Å². The lowest BCUT2D eigenvalue weighted by Crippen LogP contribution is -2.15. The van der Waals surface area contributed by atoms with Gasteiger partial charge in [-0.3, -0.25) is 4.57 Å². The first-order valence-electron chi connectivity index (χ1n) is 4.54. The molecule has 0 heterocycles. The molecular formula is C8H19O3P. The van der Waals surface area contributed by atoms with Crippen molar-refractivity contribution in [1.29, 1.82) is 0 Å². The number of aliphatic hydroxyl groups is 1. The molecule has 0 fully saturated rings. The number of rotatable bonds is 6. The Hall–Kier alpha value is 0.150. The van der Waals surface area contributed by atoms with Gasteiger partial charge in [-0.05, 0) is 12.3 Å². The van der Waals surface area contributed by atoms with Gasteiger partial charge in [-0.2, -0.15) is 0 Å². The summed E-state index contributed by atoms with van der Waals surface area (Å²) in [5.41, 5.74) is 0. The van der Waals surface area contributed by atoms with Gasteiger partial charge in [0.05, 0.1) is 0 Å². The molecule has 0 aliphatic heterocycles. The molecule has 0 spiro atoms. The summed E-state index contributed by atoms with van der Waals surface area (Å²) in [6.45, 7) is 4.01. The van der Waals surface area contributed by atoms with Crippen molar-refractivity contribution in [1.82, 2.24) is 0 Å². The Labute approximate surface area is 74.7 Å². The van der Waals surface area contributed by atoms with E-state index in [4.69, 9.17) is 4.89 Å². The standard InChI is InChI=1S/C8H19O3P/c1-3-5-6-7(4-2)8(9)12(10)11/h7-9,12H,3-6H2,1-2H3,(H,10,11). The Morgan fingerprint density at radius 2 is 2.00 bits per heavy atom. The number of aliphatic hydroxyl groups excluding tert-OH is 1. The van der Waals surface area contributed by atoms with E-state index in [1.54, 1.807) is 0 Å². The molecule has 4 heteroatoms. The predicted molar refractivity (Wildman–Crippen MR) is 50.5 cm³/mol. The van der Waals surface area contributed by atoms with Gasteiger partial charge in [0.15, 0.2) is 0 Å². The fourth-order valence-corrected chi connectivity index (χ4v) is 2.06. The quantitative estimate of drug-likeness (QED) is 0.636. The maximum Gasteiger partial charge on any atom is 0.217 e. The lowest BCUT2D eigenvalue weighted by Gasteiger charge is -2.18. The van der Waals surface area contributed by atoms with E-state index in [0.29, 0.717) is 0 Å². The van der Waals surface area contributed by atoms with Crippen molar-refractivity contribution in [3.8, 4) is 0 Å². The molecule has 3 nitrogen and oxygen atoms in total. The van der Waals surface area contributed by atoms with Gasteiger partial charge in [-0.15, -0.1) is 0 Å². The van der Waals surface area contributed by atoms with E-state index in [1.165, 1.54) is 0 Å². The maximum absolute atomic E-state index is 10.6. The first kappa shape index (κ1) is 12.2. The van der Waals surface area contributed by atoms with Gasteiger partial charge >= 0.3 is 0 Å². The number of hydrogen-bond acceptors (Lipinski definition) is 2. The summed E-state index contributed by atoms with van der Waals surface area (Å²) in [6.07, 6.45) is 3.71. The zero-order valence-electron chi connectivity index (χ0n) is 7.79. The minimum absolute atomic E-state index is 0.00124. The number of hydrogen-bond donors (Lipinski definition) is 2. The van der Waals surface area contributed by atoms with Crippen molar-refractivity contribution in [2.75, 3.05) is 0 Å². The van der Waals surface area contributed by atoms with Gasteiger partial charge in [-0.25, -0.2) is 0 Å². The van der Waals surface area contributed by atoms with Gasteiger partial charge in [0.25, 0.3) is 0 Å². The molecule has 3 unspecified atom stereocenters. The lowest BCUT2D eigenvalue weighted by molar-refractivity contribution is 0.159. The van der Waals surface area contributed by atoms with Crippen LogP contribution in [0, 0.1) is 5.92 Å². The molecule has 0 bridgehead atoms. The molecule has 0 rings (SSSR count). The van der Waals surface area contributed by atoms with Crippen molar-refractivity contribution in [3.63, 3.8) is 0 Å². The smallest absolute Gasteiger partial charge is 0.217 e. The minimum Gasteiger partial charge on any atom is -0.383 e. The van der Waals surface area contributed by atoms with Crippen molar-refractivity contribution in [2.24, 2.45) is 5.92 Å². The van der Waals surface area contributed by atoms with Crippen LogP contribution in [0.15, 0.2) is 0 Å². The normalized spacial score (nSPS) is 18.7. The Morgan fingerprint density at radius 1 is 1.42 bits per heavy atom. The largest absolute Gasteiger partial charge is 0.383 e. The third-order valence-corrected chi connectivity index (χ3v) is 3.13. The Bertz CT molecular complexity index is 138. The zero-order chi connectivity index (χ0) is 9.56. The van der Waals surface area contributed by atoms with Gasteiger partial charge in [-0.1, -0.05) is 33.1 Å². The molecule has 0 aromatic rings. The molecule has 2 N–H and O–H groups in total. The summed E-state index contributed by atoms with van der Waals surface area (Å²) in [4.78, 5) is 8.72. The van der Waals surface area contributed by atoms with Crippen LogP contribution in [0.25, 0.3) is 0 Å². The summed E-state index contributed by atoms with van der Waals surface area (Å²) >= 11 is 0. The molecule has 74 valence electrons. The highest BCUT2D eigenvalue weighted by Crippen LogP contribution is 2.31. The van der Waals surface area contributed by atoms with E-state index in [1.807, 2.05) is 6.92 Å². The zero-order valence-corrected chi connectivity index (χ0v) is 8.79. The third kappa shape index (κ3) is 4.24. The second kappa shape index (κ2) is 6.64. The van der Waals surface area contributed by atoms with Crippen LogP contribution in [-0.2, 0) is 4.57 Å². The van der Waals surface area contributed by atoms with Crippen LogP contribution < -0.4 is 0 Å². The molecule has 0 aromatic heterocycles.